The topological polar surface area (TPSA) is 53.5 Å². The Morgan fingerprint density at radius 3 is 1.51 bits per heavy atom. The highest BCUT2D eigenvalue weighted by Crippen LogP contribution is 2.49. The van der Waals surface area contributed by atoms with Crippen LogP contribution in [0.4, 0.5) is 0 Å². The van der Waals surface area contributed by atoms with Gasteiger partial charge in [-0.15, -0.1) is 0 Å². The van der Waals surface area contributed by atoms with Gasteiger partial charge in [0.2, 0.25) is 5.95 Å². The fourth-order valence-electron chi connectivity index (χ4n) is 11.7. The fourth-order valence-corrected chi connectivity index (χ4v) is 11.7. The van der Waals surface area contributed by atoms with Crippen LogP contribution in [0.1, 0.15) is 51.7 Å². The average molecular weight is 889 g/mol. The van der Waals surface area contributed by atoms with Crippen LogP contribution in [0.5, 0.6) is 0 Å². The largest absolute Gasteiger partial charge is 0.309 e. The second-order valence-electron chi connectivity index (χ2n) is 20.3. The van der Waals surface area contributed by atoms with Gasteiger partial charge >= 0.3 is 0 Å². The first-order chi connectivity index (χ1) is 33.7. The van der Waals surface area contributed by atoms with E-state index in [-0.39, 0.29) is 10.8 Å². The molecule has 9 aromatic carbocycles. The molecule has 1 aliphatic rings. The van der Waals surface area contributed by atoms with E-state index < -0.39 is 0 Å². The predicted molar refractivity (Wildman–Crippen MR) is 287 cm³/mol. The summed E-state index contributed by atoms with van der Waals surface area (Å²) in [7, 11) is 0. The van der Waals surface area contributed by atoms with Crippen molar-refractivity contribution in [3.8, 4) is 40.1 Å². The van der Waals surface area contributed by atoms with Crippen molar-refractivity contribution in [3.05, 3.63) is 205 Å². The lowest BCUT2D eigenvalue weighted by molar-refractivity contribution is 0.332. The Hall–Kier alpha value is -8.35. The maximum Gasteiger partial charge on any atom is 0.238 e. The molecule has 0 spiro atoms. The molecule has 69 heavy (non-hydrogen) atoms. The van der Waals surface area contributed by atoms with E-state index in [4.69, 9.17) is 15.0 Å². The summed E-state index contributed by atoms with van der Waals surface area (Å²) in [6.45, 7) is 9.65. The summed E-state index contributed by atoms with van der Waals surface area (Å²) in [5.41, 5.74) is 13.8. The van der Waals surface area contributed by atoms with E-state index in [1.54, 1.807) is 0 Å². The lowest BCUT2D eigenvalue weighted by Crippen LogP contribution is -2.33. The molecule has 0 bridgehead atoms. The molecule has 0 N–H and O–H groups in total. The van der Waals surface area contributed by atoms with Gasteiger partial charge in [0.1, 0.15) is 0 Å². The zero-order chi connectivity index (χ0) is 46.2. The third-order valence-electron chi connectivity index (χ3n) is 15.3. The van der Waals surface area contributed by atoms with Crippen molar-refractivity contribution in [1.82, 2.24) is 28.7 Å². The molecule has 0 saturated carbocycles. The minimum absolute atomic E-state index is 0.0145. The first-order valence-corrected chi connectivity index (χ1v) is 24.2. The highest BCUT2D eigenvalue weighted by atomic mass is 15.2. The van der Waals surface area contributed by atoms with Crippen molar-refractivity contribution < 1.29 is 0 Å². The maximum atomic E-state index is 5.60. The molecular formula is C63H48N6. The van der Waals surface area contributed by atoms with Crippen molar-refractivity contribution in [2.75, 3.05) is 0 Å². The van der Waals surface area contributed by atoms with Crippen LogP contribution in [0.3, 0.4) is 0 Å². The van der Waals surface area contributed by atoms with Gasteiger partial charge in [-0.05, 0) is 124 Å². The van der Waals surface area contributed by atoms with Crippen LogP contribution in [0, 0.1) is 0 Å². The number of rotatable bonds is 5. The van der Waals surface area contributed by atoms with Gasteiger partial charge in [-0.2, -0.15) is 9.97 Å². The van der Waals surface area contributed by atoms with Gasteiger partial charge in [0.05, 0.1) is 33.1 Å². The molecule has 0 radical (unpaired) electrons. The smallest absolute Gasteiger partial charge is 0.238 e. The van der Waals surface area contributed by atoms with E-state index in [0.29, 0.717) is 17.6 Å². The molecule has 14 rings (SSSR count). The minimum Gasteiger partial charge on any atom is -0.309 e. The number of hydrogen-bond acceptors (Lipinski definition) is 3. The van der Waals surface area contributed by atoms with Gasteiger partial charge in [-0.25, -0.2) is 4.98 Å². The Bertz CT molecular complexity index is 4240. The van der Waals surface area contributed by atoms with Crippen molar-refractivity contribution in [3.63, 3.8) is 0 Å². The SMILES string of the molecule is CC1(C)CCC(C)(C)c2cc3c(cc21)c1cc2c(cc1n3-c1nc(-c3ccc4c(c3)c3ccccc3n4-c3ccccc3)nc(-c3cccc4ccccc34)n1)c1ccccc1n2-c1ccccc1. The van der Waals surface area contributed by atoms with Crippen LogP contribution in [0.25, 0.3) is 116 Å². The highest BCUT2D eigenvalue weighted by molar-refractivity contribution is 6.19. The second kappa shape index (κ2) is 14.6. The number of para-hydroxylation sites is 4. The lowest BCUT2D eigenvalue weighted by atomic mass is 9.63. The van der Waals surface area contributed by atoms with E-state index in [1.165, 1.54) is 49.1 Å². The van der Waals surface area contributed by atoms with E-state index in [0.717, 1.165) is 73.6 Å². The summed E-state index contributed by atoms with van der Waals surface area (Å²) in [4.78, 5) is 16.6. The van der Waals surface area contributed by atoms with Crippen molar-refractivity contribution in [1.29, 1.82) is 0 Å². The van der Waals surface area contributed by atoms with Gasteiger partial charge < -0.3 is 9.13 Å². The zero-order valence-corrected chi connectivity index (χ0v) is 39.1. The summed E-state index contributed by atoms with van der Waals surface area (Å²) in [6, 6.07) is 70.3. The standard InChI is InChI=1S/C63H48N6/c1-62(2)32-33-63(3,4)52-38-58-48(35-51(52)62)50-37-56-49(45-26-14-16-29-54(45)68(56)42-22-9-6-10-23-42)36-57(50)69(58)61-65-59(64-60(66-61)46-27-17-19-39-18-11-12-24-43(39)46)40-30-31-55-47(34-40)44-25-13-15-28-53(44)67(55)41-20-7-5-8-21-41/h5-31,34-38H,32-33H2,1-4H3. The Labute approximate surface area is 399 Å². The van der Waals surface area contributed by atoms with Crippen molar-refractivity contribution in [2.45, 2.75) is 51.4 Å². The van der Waals surface area contributed by atoms with E-state index in [9.17, 15) is 0 Å². The Morgan fingerprint density at radius 1 is 0.348 bits per heavy atom. The van der Waals surface area contributed by atoms with Gasteiger partial charge in [0.15, 0.2) is 11.6 Å². The Morgan fingerprint density at radius 2 is 0.826 bits per heavy atom. The van der Waals surface area contributed by atoms with Crippen LogP contribution in [0.2, 0.25) is 0 Å². The first kappa shape index (κ1) is 39.8. The van der Waals surface area contributed by atoms with Gasteiger partial charge in [0.25, 0.3) is 0 Å². The first-order valence-electron chi connectivity index (χ1n) is 24.2. The monoisotopic (exact) mass is 888 g/mol. The van der Waals surface area contributed by atoms with Crippen LogP contribution in [-0.4, -0.2) is 28.7 Å². The summed E-state index contributed by atoms with van der Waals surface area (Å²) in [5.74, 6) is 1.85. The Kier molecular flexibility index (Phi) is 8.40. The molecular weight excluding hydrogens is 841 g/mol. The lowest BCUT2D eigenvalue weighted by Gasteiger charge is -2.42. The summed E-state index contributed by atoms with van der Waals surface area (Å²) in [5, 5.41) is 9.31. The highest BCUT2D eigenvalue weighted by Gasteiger charge is 2.38. The molecule has 0 atom stereocenters. The summed E-state index contributed by atoms with van der Waals surface area (Å²) < 4.78 is 7.12. The number of benzene rings is 9. The molecule has 0 amide bonds. The van der Waals surface area contributed by atoms with Crippen molar-refractivity contribution >= 4 is 76.2 Å². The van der Waals surface area contributed by atoms with E-state index >= 15 is 0 Å². The van der Waals surface area contributed by atoms with Gasteiger partial charge in [-0.1, -0.05) is 143 Å². The molecule has 13 aromatic rings. The minimum atomic E-state index is -0.0160. The molecule has 6 heteroatoms. The quantitative estimate of drug-likeness (QED) is 0.173. The average Bonchev–Trinajstić information content (AvgIpc) is 4.01. The summed E-state index contributed by atoms with van der Waals surface area (Å²) in [6.07, 6.45) is 2.24. The molecule has 0 aliphatic heterocycles. The normalized spacial score (nSPS) is 14.5. The van der Waals surface area contributed by atoms with Crippen LogP contribution in [0.15, 0.2) is 194 Å². The van der Waals surface area contributed by atoms with Crippen LogP contribution in [-0.2, 0) is 10.8 Å². The number of aromatic nitrogens is 6. The molecule has 4 heterocycles. The molecule has 4 aromatic heterocycles. The molecule has 0 saturated heterocycles. The second-order valence-corrected chi connectivity index (χ2v) is 20.3. The molecule has 330 valence electrons. The number of fused-ring (bicyclic) bond motifs is 11. The van der Waals surface area contributed by atoms with Crippen LogP contribution < -0.4 is 0 Å². The molecule has 0 unspecified atom stereocenters. The third kappa shape index (κ3) is 5.94. The maximum absolute atomic E-state index is 5.60. The number of hydrogen-bond donors (Lipinski definition) is 0. The Balaban J connectivity index is 1.11. The molecule has 1 aliphatic carbocycles. The van der Waals surface area contributed by atoms with Crippen molar-refractivity contribution in [2.24, 2.45) is 0 Å². The number of nitrogens with zero attached hydrogens (tertiary/aromatic N) is 6. The predicted octanol–water partition coefficient (Wildman–Crippen LogP) is 16.0. The van der Waals surface area contributed by atoms with E-state index in [1.807, 2.05) is 0 Å². The zero-order valence-electron chi connectivity index (χ0n) is 39.1. The van der Waals surface area contributed by atoms with E-state index in [2.05, 4.69) is 236 Å². The fraction of sp³-hybridized carbons (Fsp3) is 0.127. The molecule has 6 nitrogen and oxygen atoms in total. The van der Waals surface area contributed by atoms with Gasteiger partial charge in [0, 0.05) is 54.8 Å². The van der Waals surface area contributed by atoms with Gasteiger partial charge in [-0.3, -0.25) is 4.57 Å². The van der Waals surface area contributed by atoms with Crippen LogP contribution >= 0.6 is 0 Å². The summed E-state index contributed by atoms with van der Waals surface area (Å²) >= 11 is 0. The molecule has 0 fully saturated rings. The third-order valence-corrected chi connectivity index (χ3v) is 15.3.